The Morgan fingerprint density at radius 2 is 1.63 bits per heavy atom. The second-order valence-corrected chi connectivity index (χ2v) is 9.75. The SMILES string of the molecule is Cc1cc(C)c(-c2cccc(C(=O)CC(=O)Nc3cc(C(F)(F)F)ccc3NC(=O)OC(C)(C)C)c2)cn1. The van der Waals surface area contributed by atoms with Crippen molar-refractivity contribution >= 4 is 29.2 Å². The van der Waals surface area contributed by atoms with Crippen LogP contribution in [0.2, 0.25) is 0 Å². The molecule has 3 rings (SSSR count). The molecule has 3 aromatic rings. The van der Waals surface area contributed by atoms with Crippen LogP contribution in [0.3, 0.4) is 0 Å². The van der Waals surface area contributed by atoms with Crippen molar-refractivity contribution < 1.29 is 32.3 Å². The fourth-order valence-electron chi connectivity index (χ4n) is 3.65. The highest BCUT2D eigenvalue weighted by Gasteiger charge is 2.31. The molecule has 0 radical (unpaired) electrons. The van der Waals surface area contributed by atoms with Gasteiger partial charge in [-0.25, -0.2) is 4.79 Å². The number of rotatable bonds is 6. The maximum atomic E-state index is 13.3. The number of amides is 2. The average Bonchev–Trinajstić information content (AvgIpc) is 2.78. The molecule has 0 fully saturated rings. The van der Waals surface area contributed by atoms with Crippen molar-refractivity contribution in [2.24, 2.45) is 0 Å². The Morgan fingerprint density at radius 3 is 2.26 bits per heavy atom. The Hall–Kier alpha value is -4.21. The van der Waals surface area contributed by atoms with Gasteiger partial charge in [-0.05, 0) is 76.1 Å². The van der Waals surface area contributed by atoms with Crippen LogP contribution in [0.1, 0.15) is 54.4 Å². The van der Waals surface area contributed by atoms with E-state index in [0.29, 0.717) is 6.07 Å². The lowest BCUT2D eigenvalue weighted by molar-refractivity contribution is -0.137. The molecule has 0 atom stereocenters. The number of nitrogens with zero attached hydrogens (tertiary/aromatic N) is 1. The van der Waals surface area contributed by atoms with Crippen LogP contribution in [0.15, 0.2) is 54.7 Å². The lowest BCUT2D eigenvalue weighted by Crippen LogP contribution is -2.28. The zero-order chi connectivity index (χ0) is 28.3. The van der Waals surface area contributed by atoms with Gasteiger partial charge in [-0.15, -0.1) is 0 Å². The zero-order valence-corrected chi connectivity index (χ0v) is 21.6. The summed E-state index contributed by atoms with van der Waals surface area (Å²) in [5.74, 6) is -1.38. The van der Waals surface area contributed by atoms with Crippen molar-refractivity contribution in [3.05, 3.63) is 77.1 Å². The number of anilines is 2. The third-order valence-corrected chi connectivity index (χ3v) is 5.32. The first-order valence-corrected chi connectivity index (χ1v) is 11.7. The number of nitrogens with one attached hydrogen (secondary N) is 2. The fourth-order valence-corrected chi connectivity index (χ4v) is 3.65. The predicted molar refractivity (Wildman–Crippen MR) is 138 cm³/mol. The summed E-state index contributed by atoms with van der Waals surface area (Å²) in [4.78, 5) is 42.0. The van der Waals surface area contributed by atoms with E-state index in [1.807, 2.05) is 26.0 Å². The number of hydrogen-bond donors (Lipinski definition) is 2. The van der Waals surface area contributed by atoms with Crippen LogP contribution in [0.4, 0.5) is 29.3 Å². The third kappa shape index (κ3) is 7.64. The molecule has 0 saturated heterocycles. The Kier molecular flexibility index (Phi) is 8.24. The summed E-state index contributed by atoms with van der Waals surface area (Å²) in [6.45, 7) is 8.66. The molecule has 200 valence electrons. The van der Waals surface area contributed by atoms with Crippen molar-refractivity contribution in [3.63, 3.8) is 0 Å². The number of alkyl halides is 3. The fraction of sp³-hybridized carbons (Fsp3) is 0.286. The van der Waals surface area contributed by atoms with Gasteiger partial charge in [0.15, 0.2) is 5.78 Å². The number of benzene rings is 2. The van der Waals surface area contributed by atoms with Gasteiger partial charge in [-0.1, -0.05) is 18.2 Å². The minimum atomic E-state index is -4.69. The van der Waals surface area contributed by atoms with Crippen molar-refractivity contribution in [2.45, 2.75) is 52.8 Å². The molecule has 7 nitrogen and oxygen atoms in total. The maximum absolute atomic E-state index is 13.3. The molecule has 1 heterocycles. The van der Waals surface area contributed by atoms with Crippen LogP contribution in [0, 0.1) is 13.8 Å². The molecule has 10 heteroatoms. The van der Waals surface area contributed by atoms with Crippen molar-refractivity contribution in [2.75, 3.05) is 10.6 Å². The number of carbonyl (C=O) groups excluding carboxylic acids is 3. The average molecular weight is 528 g/mol. The van der Waals surface area contributed by atoms with Gasteiger partial charge < -0.3 is 10.1 Å². The van der Waals surface area contributed by atoms with Gasteiger partial charge in [0, 0.05) is 23.0 Å². The second kappa shape index (κ2) is 11.0. The Balaban J connectivity index is 1.80. The predicted octanol–water partition coefficient (Wildman–Crippen LogP) is 6.94. The number of pyridine rings is 1. The van der Waals surface area contributed by atoms with E-state index in [4.69, 9.17) is 4.74 Å². The van der Waals surface area contributed by atoms with Gasteiger partial charge in [0.25, 0.3) is 0 Å². The van der Waals surface area contributed by atoms with E-state index in [2.05, 4.69) is 15.6 Å². The van der Waals surface area contributed by atoms with E-state index in [1.165, 1.54) is 0 Å². The third-order valence-electron chi connectivity index (χ3n) is 5.32. The number of hydrogen-bond acceptors (Lipinski definition) is 5. The summed E-state index contributed by atoms with van der Waals surface area (Å²) in [5.41, 5.74) is 1.32. The molecular weight excluding hydrogens is 499 g/mol. The molecule has 0 spiro atoms. The molecule has 1 aromatic heterocycles. The van der Waals surface area contributed by atoms with E-state index >= 15 is 0 Å². The number of Topliss-reactive ketones (excluding diaryl/α,β-unsaturated/α-hetero) is 1. The van der Waals surface area contributed by atoms with E-state index < -0.39 is 41.5 Å². The van der Waals surface area contributed by atoms with Crippen LogP contribution in [-0.2, 0) is 15.7 Å². The largest absolute Gasteiger partial charge is 0.444 e. The smallest absolute Gasteiger partial charge is 0.416 e. The highest BCUT2D eigenvalue weighted by atomic mass is 19.4. The first-order valence-electron chi connectivity index (χ1n) is 11.7. The monoisotopic (exact) mass is 527 g/mol. The van der Waals surface area contributed by atoms with Gasteiger partial charge in [0.05, 0.1) is 23.4 Å². The summed E-state index contributed by atoms with van der Waals surface area (Å²) in [5, 5.41) is 4.65. The van der Waals surface area contributed by atoms with Gasteiger partial charge in [-0.2, -0.15) is 13.2 Å². The number of carbonyl (C=O) groups is 3. The summed E-state index contributed by atoms with van der Waals surface area (Å²) < 4.78 is 45.0. The zero-order valence-electron chi connectivity index (χ0n) is 21.6. The number of ether oxygens (including phenoxy) is 1. The molecule has 0 aliphatic carbocycles. The van der Waals surface area contributed by atoms with Crippen LogP contribution < -0.4 is 10.6 Å². The highest BCUT2D eigenvalue weighted by molar-refractivity contribution is 6.12. The van der Waals surface area contributed by atoms with Crippen LogP contribution in [0.5, 0.6) is 0 Å². The molecule has 0 unspecified atom stereocenters. The topological polar surface area (TPSA) is 97.4 Å². The van der Waals surface area contributed by atoms with Crippen LogP contribution in [-0.4, -0.2) is 28.4 Å². The second-order valence-electron chi connectivity index (χ2n) is 9.75. The standard InChI is InChI=1S/C28H28F3N3O4/c1-16-11-17(2)32-15-21(16)18-7-6-8-19(12-18)24(35)14-25(36)33-23-13-20(28(29,30)31)9-10-22(23)34-26(37)38-27(3,4)5/h6-13,15H,14H2,1-5H3,(H,33,36)(H,34,37). The van der Waals surface area contributed by atoms with E-state index in [9.17, 15) is 27.6 Å². The number of ketones is 1. The minimum absolute atomic E-state index is 0.114. The maximum Gasteiger partial charge on any atom is 0.416 e. The van der Waals surface area contributed by atoms with Crippen LogP contribution in [0.25, 0.3) is 11.1 Å². The number of aryl methyl sites for hydroxylation is 2. The first kappa shape index (κ1) is 28.4. The van der Waals surface area contributed by atoms with Gasteiger partial charge >= 0.3 is 12.3 Å². The van der Waals surface area contributed by atoms with Crippen molar-refractivity contribution in [1.29, 1.82) is 0 Å². The minimum Gasteiger partial charge on any atom is -0.444 e. The quantitative estimate of drug-likeness (QED) is 0.267. The lowest BCUT2D eigenvalue weighted by Gasteiger charge is -2.21. The summed E-state index contributed by atoms with van der Waals surface area (Å²) in [6.07, 6.45) is -4.53. The molecule has 2 aromatic carbocycles. The molecular formula is C28H28F3N3O4. The van der Waals surface area contributed by atoms with Gasteiger partial charge in [0.2, 0.25) is 5.91 Å². The molecule has 38 heavy (non-hydrogen) atoms. The molecule has 0 aliphatic heterocycles. The Bertz CT molecular complexity index is 1380. The van der Waals surface area contributed by atoms with E-state index in [-0.39, 0.29) is 16.9 Å². The lowest BCUT2D eigenvalue weighted by atomic mass is 9.98. The number of aromatic nitrogens is 1. The molecule has 2 amide bonds. The van der Waals surface area contributed by atoms with Gasteiger partial charge in [0.1, 0.15) is 5.60 Å². The Labute approximate surface area is 218 Å². The summed E-state index contributed by atoms with van der Waals surface area (Å²) in [6, 6.07) is 11.0. The highest BCUT2D eigenvalue weighted by Crippen LogP contribution is 2.34. The summed E-state index contributed by atoms with van der Waals surface area (Å²) in [7, 11) is 0. The van der Waals surface area contributed by atoms with Crippen molar-refractivity contribution in [1.82, 2.24) is 4.98 Å². The normalized spacial score (nSPS) is 11.6. The molecule has 0 bridgehead atoms. The van der Waals surface area contributed by atoms with E-state index in [1.54, 1.807) is 45.2 Å². The van der Waals surface area contributed by atoms with E-state index in [0.717, 1.165) is 34.5 Å². The van der Waals surface area contributed by atoms with Gasteiger partial charge in [-0.3, -0.25) is 19.9 Å². The molecule has 2 N–H and O–H groups in total. The molecule has 0 saturated carbocycles. The van der Waals surface area contributed by atoms with Crippen LogP contribution >= 0.6 is 0 Å². The summed E-state index contributed by atoms with van der Waals surface area (Å²) >= 11 is 0. The Morgan fingerprint density at radius 1 is 0.921 bits per heavy atom. The number of halogens is 3. The van der Waals surface area contributed by atoms with Crippen molar-refractivity contribution in [3.8, 4) is 11.1 Å². The molecule has 0 aliphatic rings. The first-order chi connectivity index (χ1) is 17.6.